The van der Waals surface area contributed by atoms with E-state index in [4.69, 9.17) is 4.74 Å². The molecule has 0 aromatic heterocycles. The van der Waals surface area contributed by atoms with Crippen LogP contribution in [0.5, 0.6) is 0 Å². The third-order valence-electron chi connectivity index (χ3n) is 3.93. The molecule has 0 aromatic carbocycles. The van der Waals surface area contributed by atoms with Crippen molar-refractivity contribution in [3.63, 3.8) is 0 Å². The minimum absolute atomic E-state index is 0.144. The Morgan fingerprint density at radius 1 is 1.23 bits per heavy atom. The van der Waals surface area contributed by atoms with Gasteiger partial charge in [-0.3, -0.25) is 0 Å². The van der Waals surface area contributed by atoms with E-state index in [1.54, 1.807) is 0 Å². The van der Waals surface area contributed by atoms with Crippen LogP contribution in [0.1, 0.15) is 74.7 Å². The van der Waals surface area contributed by atoms with Crippen molar-refractivity contribution in [2.24, 2.45) is 11.3 Å². The second-order valence-corrected chi connectivity index (χ2v) is 9.67. The maximum atomic E-state index is 12.4. The van der Waals surface area contributed by atoms with E-state index in [1.807, 2.05) is 25.7 Å². The summed E-state index contributed by atoms with van der Waals surface area (Å²) in [5.41, 5.74) is 0.978. The number of allylic oxidation sites excluding steroid dienone is 1. The van der Waals surface area contributed by atoms with E-state index in [1.165, 1.54) is 5.57 Å². The van der Waals surface area contributed by atoms with Crippen molar-refractivity contribution in [2.75, 3.05) is 6.54 Å². The van der Waals surface area contributed by atoms with E-state index in [0.717, 1.165) is 25.8 Å². The van der Waals surface area contributed by atoms with Gasteiger partial charge in [0.05, 0.1) is 0 Å². The summed E-state index contributed by atoms with van der Waals surface area (Å²) in [4.78, 5) is 14.3. The Morgan fingerprint density at radius 2 is 1.77 bits per heavy atom. The normalized spacial score (nSPS) is 21.8. The smallest absolute Gasteiger partial charge is 0.410 e. The van der Waals surface area contributed by atoms with Gasteiger partial charge in [-0.1, -0.05) is 32.9 Å². The molecule has 1 fully saturated rings. The highest BCUT2D eigenvalue weighted by Gasteiger charge is 2.42. The van der Waals surface area contributed by atoms with Crippen LogP contribution in [-0.2, 0) is 4.74 Å². The average molecular weight is 309 g/mol. The molecule has 1 aliphatic heterocycles. The Labute approximate surface area is 137 Å². The van der Waals surface area contributed by atoms with Gasteiger partial charge in [0.25, 0.3) is 0 Å². The van der Waals surface area contributed by atoms with Crippen LogP contribution >= 0.6 is 0 Å². The third-order valence-corrected chi connectivity index (χ3v) is 3.93. The second-order valence-electron chi connectivity index (χ2n) is 9.67. The lowest BCUT2D eigenvalue weighted by Crippen LogP contribution is -2.45. The first kappa shape index (κ1) is 19.1. The topological polar surface area (TPSA) is 29.5 Å². The lowest BCUT2D eigenvalue weighted by atomic mass is 9.84. The Morgan fingerprint density at radius 3 is 2.23 bits per heavy atom. The fourth-order valence-electron chi connectivity index (χ4n) is 3.39. The van der Waals surface area contributed by atoms with Gasteiger partial charge >= 0.3 is 6.09 Å². The molecular formula is C19H35NO2. The van der Waals surface area contributed by atoms with Crippen molar-refractivity contribution < 1.29 is 9.53 Å². The number of nitrogens with zero attached hydrogens (tertiary/aromatic N) is 1. The first-order valence-corrected chi connectivity index (χ1v) is 8.37. The maximum Gasteiger partial charge on any atom is 0.410 e. The molecule has 0 unspecified atom stereocenters. The van der Waals surface area contributed by atoms with E-state index in [2.05, 4.69) is 41.2 Å². The summed E-state index contributed by atoms with van der Waals surface area (Å²) in [6, 6.07) is 0. The van der Waals surface area contributed by atoms with Crippen LogP contribution in [0.2, 0.25) is 0 Å². The van der Waals surface area contributed by atoms with E-state index in [-0.39, 0.29) is 17.0 Å². The summed E-state index contributed by atoms with van der Waals surface area (Å²) in [6.45, 7) is 21.7. The van der Waals surface area contributed by atoms with Crippen molar-refractivity contribution in [1.82, 2.24) is 4.90 Å². The number of carbonyl (C=O) groups excluding carboxylic acids is 1. The number of rotatable bonds is 3. The molecule has 1 atom stereocenters. The van der Waals surface area contributed by atoms with Gasteiger partial charge in [-0.05, 0) is 65.2 Å². The van der Waals surface area contributed by atoms with Gasteiger partial charge in [0.15, 0.2) is 0 Å². The number of hydrogen-bond donors (Lipinski definition) is 0. The monoisotopic (exact) mass is 309 g/mol. The Balaban J connectivity index is 2.66. The van der Waals surface area contributed by atoms with Crippen LogP contribution in [0, 0.1) is 11.3 Å². The molecule has 1 heterocycles. The molecule has 1 rings (SSSR count). The van der Waals surface area contributed by atoms with Gasteiger partial charge in [-0.2, -0.15) is 0 Å². The van der Waals surface area contributed by atoms with Crippen LogP contribution in [0.3, 0.4) is 0 Å². The van der Waals surface area contributed by atoms with Crippen LogP contribution in [0.25, 0.3) is 0 Å². The second kappa shape index (κ2) is 6.25. The van der Waals surface area contributed by atoms with Crippen molar-refractivity contribution in [3.8, 4) is 0 Å². The molecule has 0 radical (unpaired) electrons. The molecule has 1 aliphatic rings. The van der Waals surface area contributed by atoms with Gasteiger partial charge in [0.2, 0.25) is 0 Å². The molecule has 1 amide bonds. The minimum atomic E-state index is -0.443. The predicted molar refractivity (Wildman–Crippen MR) is 93.0 cm³/mol. The molecule has 0 aromatic rings. The standard InChI is InChI=1S/C19H35NO2/c1-14(11-17(2,3)4)10-15-12-19(8,9)20(13-15)16(21)22-18(5,6)7/h15H,1,10-13H2,2-9H3/t15-/m0/s1. The number of amides is 1. The van der Waals surface area contributed by atoms with Crippen LogP contribution in [-0.4, -0.2) is 28.7 Å². The molecule has 0 aliphatic carbocycles. The van der Waals surface area contributed by atoms with Crippen LogP contribution < -0.4 is 0 Å². The maximum absolute atomic E-state index is 12.4. The zero-order chi connectivity index (χ0) is 17.3. The molecule has 1 saturated heterocycles. The fraction of sp³-hybridized carbons (Fsp3) is 0.842. The van der Waals surface area contributed by atoms with Gasteiger partial charge in [-0.15, -0.1) is 0 Å². The molecular weight excluding hydrogens is 274 g/mol. The van der Waals surface area contributed by atoms with E-state index >= 15 is 0 Å². The van der Waals surface area contributed by atoms with Gasteiger partial charge in [0.1, 0.15) is 5.60 Å². The zero-order valence-corrected chi connectivity index (χ0v) is 15.9. The highest BCUT2D eigenvalue weighted by Crippen LogP contribution is 2.38. The average Bonchev–Trinajstić information content (AvgIpc) is 2.47. The molecule has 0 spiro atoms. The van der Waals surface area contributed by atoms with E-state index in [0.29, 0.717) is 5.92 Å². The van der Waals surface area contributed by atoms with Crippen LogP contribution in [0.4, 0.5) is 4.79 Å². The number of hydrogen-bond acceptors (Lipinski definition) is 2. The fourth-order valence-corrected chi connectivity index (χ4v) is 3.39. The molecule has 3 nitrogen and oxygen atoms in total. The summed E-state index contributed by atoms with van der Waals surface area (Å²) >= 11 is 0. The summed E-state index contributed by atoms with van der Waals surface area (Å²) in [7, 11) is 0. The first-order chi connectivity index (χ1) is 9.70. The first-order valence-electron chi connectivity index (χ1n) is 8.37. The number of likely N-dealkylation sites (tertiary alicyclic amines) is 1. The summed E-state index contributed by atoms with van der Waals surface area (Å²) in [5, 5.41) is 0. The SMILES string of the molecule is C=C(C[C@@H]1CN(C(=O)OC(C)(C)C)C(C)(C)C1)CC(C)(C)C. The molecule has 3 heteroatoms. The summed E-state index contributed by atoms with van der Waals surface area (Å²) < 4.78 is 5.56. The summed E-state index contributed by atoms with van der Waals surface area (Å²) in [5.74, 6) is 0.484. The quantitative estimate of drug-likeness (QED) is 0.653. The minimum Gasteiger partial charge on any atom is -0.444 e. The molecule has 0 saturated carbocycles. The number of carbonyl (C=O) groups is 1. The number of ether oxygens (including phenoxy) is 1. The zero-order valence-electron chi connectivity index (χ0n) is 15.9. The van der Waals surface area contributed by atoms with Gasteiger partial charge in [-0.25, -0.2) is 4.79 Å². The van der Waals surface area contributed by atoms with Gasteiger partial charge in [0, 0.05) is 12.1 Å². The van der Waals surface area contributed by atoms with Crippen molar-refractivity contribution >= 4 is 6.09 Å². The Kier molecular flexibility index (Phi) is 5.42. The lowest BCUT2D eigenvalue weighted by molar-refractivity contribution is 0.0131. The molecule has 0 bridgehead atoms. The highest BCUT2D eigenvalue weighted by molar-refractivity contribution is 5.69. The molecule has 128 valence electrons. The highest BCUT2D eigenvalue weighted by atomic mass is 16.6. The van der Waals surface area contributed by atoms with Crippen molar-refractivity contribution in [3.05, 3.63) is 12.2 Å². The molecule has 22 heavy (non-hydrogen) atoms. The Hall–Kier alpha value is -0.990. The predicted octanol–water partition coefficient (Wildman–Crippen LogP) is 5.40. The summed E-state index contributed by atoms with van der Waals surface area (Å²) in [6.07, 6.45) is 2.85. The molecule has 0 N–H and O–H groups in total. The Bertz CT molecular complexity index is 424. The van der Waals surface area contributed by atoms with Crippen LogP contribution in [0.15, 0.2) is 12.2 Å². The van der Waals surface area contributed by atoms with E-state index < -0.39 is 5.60 Å². The third kappa shape index (κ3) is 6.02. The van der Waals surface area contributed by atoms with Crippen molar-refractivity contribution in [2.45, 2.75) is 85.8 Å². The van der Waals surface area contributed by atoms with Crippen molar-refractivity contribution in [1.29, 1.82) is 0 Å². The largest absolute Gasteiger partial charge is 0.444 e. The lowest BCUT2D eigenvalue weighted by Gasteiger charge is -2.33. The van der Waals surface area contributed by atoms with Gasteiger partial charge < -0.3 is 9.64 Å². The van der Waals surface area contributed by atoms with E-state index in [9.17, 15) is 4.79 Å².